The molecule has 0 aliphatic rings. The maximum absolute atomic E-state index is 12.5. The molecule has 2 N–H and O–H groups in total. The number of aromatic hydroxyl groups is 1. The van der Waals surface area contributed by atoms with Gasteiger partial charge in [0.25, 0.3) is 5.91 Å². The molecule has 0 fully saturated rings. The van der Waals surface area contributed by atoms with Gasteiger partial charge in [-0.05, 0) is 43.3 Å². The summed E-state index contributed by atoms with van der Waals surface area (Å²) in [5, 5.41) is 13.8. The number of phenolic OH excluding ortho intramolecular Hbond substituents is 1. The lowest BCUT2D eigenvalue weighted by Crippen LogP contribution is -2.19. The van der Waals surface area contributed by atoms with Gasteiger partial charge in [-0.15, -0.1) is 0 Å². The number of nitrogens with one attached hydrogen (secondary N) is 1. The highest BCUT2D eigenvalue weighted by Crippen LogP contribution is 2.29. The van der Waals surface area contributed by atoms with Gasteiger partial charge < -0.3 is 5.11 Å². The van der Waals surface area contributed by atoms with Crippen molar-refractivity contribution in [2.24, 2.45) is 5.10 Å². The van der Waals surface area contributed by atoms with E-state index in [2.05, 4.69) is 10.5 Å². The molecule has 0 unspecified atom stereocenters. The number of phenols is 1. The Morgan fingerprint density at radius 3 is 2.38 bits per heavy atom. The Hall–Kier alpha value is -2.54. The van der Waals surface area contributed by atoms with E-state index >= 15 is 0 Å². The minimum absolute atomic E-state index is 0.0230. The Kier molecular flexibility index (Phi) is 5.14. The van der Waals surface area contributed by atoms with Crippen molar-refractivity contribution in [1.29, 1.82) is 0 Å². The standard InChI is InChI=1S/C16H12ClF3N2O2/c1-9(12-3-2-4-13(17)14(12)23)21-22-15(24)10-5-7-11(8-6-10)16(18,19)20/h2-8,23H,1H3,(H,22,24)/b21-9+. The number of benzene rings is 2. The second-order valence-corrected chi connectivity index (χ2v) is 5.26. The number of para-hydroxylation sites is 1. The molecule has 8 heteroatoms. The van der Waals surface area contributed by atoms with E-state index in [1.54, 1.807) is 19.1 Å². The van der Waals surface area contributed by atoms with E-state index in [1.807, 2.05) is 0 Å². The number of hydrazone groups is 1. The van der Waals surface area contributed by atoms with Crippen molar-refractivity contribution in [2.75, 3.05) is 0 Å². The molecule has 0 heterocycles. The first-order valence-electron chi connectivity index (χ1n) is 6.70. The molecular weight excluding hydrogens is 345 g/mol. The number of alkyl halides is 3. The van der Waals surface area contributed by atoms with Gasteiger partial charge in [0.1, 0.15) is 5.75 Å². The Bertz CT molecular complexity index is 787. The Labute approximate surface area is 140 Å². The minimum atomic E-state index is -4.46. The summed E-state index contributed by atoms with van der Waals surface area (Å²) in [5.41, 5.74) is 2.01. The summed E-state index contributed by atoms with van der Waals surface area (Å²) in [4.78, 5) is 11.9. The van der Waals surface area contributed by atoms with Gasteiger partial charge in [0.15, 0.2) is 0 Å². The highest BCUT2D eigenvalue weighted by molar-refractivity contribution is 6.32. The molecule has 2 aromatic rings. The van der Waals surface area contributed by atoms with E-state index < -0.39 is 17.6 Å². The molecule has 24 heavy (non-hydrogen) atoms. The zero-order chi connectivity index (χ0) is 17.9. The first-order valence-corrected chi connectivity index (χ1v) is 7.07. The zero-order valence-electron chi connectivity index (χ0n) is 12.4. The van der Waals surface area contributed by atoms with Crippen molar-refractivity contribution in [2.45, 2.75) is 13.1 Å². The van der Waals surface area contributed by atoms with Gasteiger partial charge in [0.05, 0.1) is 16.3 Å². The molecular formula is C16H12ClF3N2O2. The van der Waals surface area contributed by atoms with Crippen molar-refractivity contribution in [1.82, 2.24) is 5.43 Å². The summed E-state index contributed by atoms with van der Waals surface area (Å²) in [6.07, 6.45) is -4.46. The van der Waals surface area contributed by atoms with Gasteiger partial charge in [0, 0.05) is 11.1 Å². The lowest BCUT2D eigenvalue weighted by Gasteiger charge is -2.08. The summed E-state index contributed by atoms with van der Waals surface area (Å²) in [6, 6.07) is 8.40. The van der Waals surface area contributed by atoms with E-state index in [0.29, 0.717) is 5.56 Å². The van der Waals surface area contributed by atoms with E-state index in [9.17, 15) is 23.1 Å². The summed E-state index contributed by atoms with van der Waals surface area (Å²) in [6.45, 7) is 1.54. The maximum atomic E-state index is 12.5. The second-order valence-electron chi connectivity index (χ2n) is 4.85. The fourth-order valence-electron chi connectivity index (χ4n) is 1.88. The fraction of sp³-hybridized carbons (Fsp3) is 0.125. The van der Waals surface area contributed by atoms with Gasteiger partial charge in [-0.3, -0.25) is 4.79 Å². The molecule has 0 spiro atoms. The monoisotopic (exact) mass is 356 g/mol. The van der Waals surface area contributed by atoms with E-state index in [1.165, 1.54) is 6.07 Å². The molecule has 0 aliphatic heterocycles. The quantitative estimate of drug-likeness (QED) is 0.639. The molecule has 0 aliphatic carbocycles. The van der Waals surface area contributed by atoms with Crippen LogP contribution in [-0.4, -0.2) is 16.7 Å². The molecule has 1 amide bonds. The third-order valence-corrected chi connectivity index (χ3v) is 3.48. The highest BCUT2D eigenvalue weighted by atomic mass is 35.5. The van der Waals surface area contributed by atoms with Crippen LogP contribution in [0, 0.1) is 0 Å². The number of carbonyl (C=O) groups excluding carboxylic acids is 1. The molecule has 0 saturated carbocycles. The number of nitrogens with zero attached hydrogens (tertiary/aromatic N) is 1. The van der Waals surface area contributed by atoms with Crippen LogP contribution in [0.3, 0.4) is 0 Å². The van der Waals surface area contributed by atoms with Crippen LogP contribution in [-0.2, 0) is 6.18 Å². The van der Waals surface area contributed by atoms with Crippen LogP contribution in [0.15, 0.2) is 47.6 Å². The molecule has 2 aromatic carbocycles. The maximum Gasteiger partial charge on any atom is 0.416 e. The molecule has 4 nitrogen and oxygen atoms in total. The lowest BCUT2D eigenvalue weighted by atomic mass is 10.1. The fourth-order valence-corrected chi connectivity index (χ4v) is 2.05. The van der Waals surface area contributed by atoms with Crippen LogP contribution >= 0.6 is 11.6 Å². The number of rotatable bonds is 3. The first-order chi connectivity index (χ1) is 11.2. The predicted octanol–water partition coefficient (Wildman–Crippen LogP) is 4.22. The predicted molar refractivity (Wildman–Crippen MR) is 84.2 cm³/mol. The van der Waals surface area contributed by atoms with Gasteiger partial charge in [0.2, 0.25) is 0 Å². The summed E-state index contributed by atoms with van der Waals surface area (Å²) >= 11 is 5.78. The second kappa shape index (κ2) is 6.92. The van der Waals surface area contributed by atoms with Gasteiger partial charge in [-0.25, -0.2) is 5.43 Å². The van der Waals surface area contributed by atoms with Crippen LogP contribution in [0.25, 0.3) is 0 Å². The van der Waals surface area contributed by atoms with Crippen LogP contribution in [0.4, 0.5) is 13.2 Å². The minimum Gasteiger partial charge on any atom is -0.506 e. The van der Waals surface area contributed by atoms with Crippen molar-refractivity contribution < 1.29 is 23.1 Å². The van der Waals surface area contributed by atoms with Crippen molar-refractivity contribution in [3.63, 3.8) is 0 Å². The molecule has 126 valence electrons. The summed E-state index contributed by atoms with van der Waals surface area (Å²) in [5.74, 6) is -0.853. The van der Waals surface area contributed by atoms with Crippen molar-refractivity contribution in [3.05, 3.63) is 64.2 Å². The summed E-state index contributed by atoms with van der Waals surface area (Å²) in [7, 11) is 0. The van der Waals surface area contributed by atoms with Crippen LogP contribution in [0.1, 0.15) is 28.4 Å². The topological polar surface area (TPSA) is 61.7 Å². The lowest BCUT2D eigenvalue weighted by molar-refractivity contribution is -0.137. The van der Waals surface area contributed by atoms with Gasteiger partial charge in [-0.1, -0.05) is 17.7 Å². The smallest absolute Gasteiger partial charge is 0.416 e. The number of hydrogen-bond donors (Lipinski definition) is 2. The highest BCUT2D eigenvalue weighted by Gasteiger charge is 2.30. The van der Waals surface area contributed by atoms with Crippen molar-refractivity contribution in [3.8, 4) is 5.75 Å². The van der Waals surface area contributed by atoms with E-state index in [4.69, 9.17) is 11.6 Å². The average molecular weight is 357 g/mol. The molecule has 2 rings (SSSR count). The molecule has 0 atom stereocenters. The van der Waals surface area contributed by atoms with Crippen LogP contribution in [0.5, 0.6) is 5.75 Å². The normalized spacial score (nSPS) is 12.1. The number of hydrogen-bond acceptors (Lipinski definition) is 3. The molecule has 0 saturated heterocycles. The molecule has 0 bridgehead atoms. The Morgan fingerprint density at radius 1 is 1.17 bits per heavy atom. The largest absolute Gasteiger partial charge is 0.506 e. The first kappa shape index (κ1) is 17.8. The Balaban J connectivity index is 2.13. The average Bonchev–Trinajstić information content (AvgIpc) is 2.54. The third-order valence-electron chi connectivity index (χ3n) is 3.18. The molecule has 0 radical (unpaired) electrons. The van der Waals surface area contributed by atoms with Gasteiger partial charge >= 0.3 is 6.18 Å². The van der Waals surface area contributed by atoms with Gasteiger partial charge in [-0.2, -0.15) is 18.3 Å². The number of halogens is 4. The number of carbonyl (C=O) groups is 1. The van der Waals surface area contributed by atoms with E-state index in [0.717, 1.165) is 24.3 Å². The Morgan fingerprint density at radius 2 is 1.79 bits per heavy atom. The van der Waals surface area contributed by atoms with E-state index in [-0.39, 0.29) is 22.0 Å². The summed E-state index contributed by atoms with van der Waals surface area (Å²) < 4.78 is 37.4. The number of amides is 1. The SMILES string of the molecule is C/C(=N\NC(=O)c1ccc(C(F)(F)F)cc1)c1cccc(Cl)c1O. The zero-order valence-corrected chi connectivity index (χ0v) is 13.1. The third kappa shape index (κ3) is 4.05. The molecule has 0 aromatic heterocycles. The van der Waals surface area contributed by atoms with Crippen LogP contribution < -0.4 is 5.43 Å². The van der Waals surface area contributed by atoms with Crippen LogP contribution in [0.2, 0.25) is 5.02 Å². The van der Waals surface area contributed by atoms with Crippen molar-refractivity contribution >= 4 is 23.2 Å².